The molecule has 0 saturated carbocycles. The third-order valence-electron chi connectivity index (χ3n) is 2.67. The number of likely N-dealkylation sites (tertiary alicyclic amines) is 1. The SMILES string of the molecule is COCC(N)C(=O)N1CCCC1C(=O)OC. The molecular formula is C10H18N2O4. The molecule has 2 unspecified atom stereocenters. The van der Waals surface area contributed by atoms with Gasteiger partial charge in [0.1, 0.15) is 12.1 Å². The minimum absolute atomic E-state index is 0.156. The molecule has 1 fully saturated rings. The fourth-order valence-corrected chi connectivity index (χ4v) is 1.88. The predicted octanol–water partition coefficient (Wildman–Crippen LogP) is -0.876. The van der Waals surface area contributed by atoms with Crippen molar-refractivity contribution in [1.82, 2.24) is 4.90 Å². The number of hydrogen-bond donors (Lipinski definition) is 1. The molecule has 92 valence electrons. The molecule has 6 heteroatoms. The summed E-state index contributed by atoms with van der Waals surface area (Å²) in [7, 11) is 2.80. The minimum Gasteiger partial charge on any atom is -0.467 e. The Balaban J connectivity index is 2.64. The van der Waals surface area contributed by atoms with Crippen molar-refractivity contribution in [2.45, 2.75) is 24.9 Å². The van der Waals surface area contributed by atoms with Crippen LogP contribution in [0.2, 0.25) is 0 Å². The van der Waals surface area contributed by atoms with Gasteiger partial charge in [0.15, 0.2) is 0 Å². The lowest BCUT2D eigenvalue weighted by atomic mass is 10.2. The summed E-state index contributed by atoms with van der Waals surface area (Å²) in [6.07, 6.45) is 1.43. The predicted molar refractivity (Wildman–Crippen MR) is 56.6 cm³/mol. The van der Waals surface area contributed by atoms with Crippen LogP contribution in [0.15, 0.2) is 0 Å². The zero-order valence-electron chi connectivity index (χ0n) is 9.64. The van der Waals surface area contributed by atoms with Gasteiger partial charge in [-0.3, -0.25) is 4.79 Å². The van der Waals surface area contributed by atoms with E-state index in [1.807, 2.05) is 0 Å². The fraction of sp³-hybridized carbons (Fsp3) is 0.800. The van der Waals surface area contributed by atoms with Gasteiger partial charge in [0.25, 0.3) is 0 Å². The average molecular weight is 230 g/mol. The molecule has 0 bridgehead atoms. The summed E-state index contributed by atoms with van der Waals surface area (Å²) in [5.74, 6) is -0.634. The summed E-state index contributed by atoms with van der Waals surface area (Å²) in [5.41, 5.74) is 5.64. The quantitative estimate of drug-likeness (QED) is 0.634. The maximum Gasteiger partial charge on any atom is 0.328 e. The Hall–Kier alpha value is -1.14. The highest BCUT2D eigenvalue weighted by molar-refractivity contribution is 5.88. The van der Waals surface area contributed by atoms with E-state index in [4.69, 9.17) is 10.5 Å². The summed E-state index contributed by atoms with van der Waals surface area (Å²) in [6, 6.07) is -1.20. The Bertz CT molecular complexity index is 270. The van der Waals surface area contributed by atoms with E-state index in [0.29, 0.717) is 13.0 Å². The zero-order chi connectivity index (χ0) is 12.1. The molecule has 1 aliphatic rings. The number of esters is 1. The number of ether oxygens (including phenoxy) is 2. The first-order valence-corrected chi connectivity index (χ1v) is 5.24. The highest BCUT2D eigenvalue weighted by Crippen LogP contribution is 2.19. The van der Waals surface area contributed by atoms with Crippen LogP contribution < -0.4 is 5.73 Å². The number of hydrogen-bond acceptors (Lipinski definition) is 5. The molecule has 0 aromatic carbocycles. The first kappa shape index (κ1) is 12.9. The highest BCUT2D eigenvalue weighted by Gasteiger charge is 2.36. The molecule has 0 aromatic rings. The van der Waals surface area contributed by atoms with Crippen LogP contribution in [0.3, 0.4) is 0 Å². The zero-order valence-corrected chi connectivity index (χ0v) is 9.64. The molecule has 0 aromatic heterocycles. The molecule has 0 spiro atoms. The number of nitrogens with zero attached hydrogens (tertiary/aromatic N) is 1. The van der Waals surface area contributed by atoms with Gasteiger partial charge in [0, 0.05) is 13.7 Å². The Morgan fingerprint density at radius 1 is 1.50 bits per heavy atom. The Labute approximate surface area is 94.7 Å². The second-order valence-corrected chi connectivity index (χ2v) is 3.77. The van der Waals surface area contributed by atoms with Crippen molar-refractivity contribution in [2.75, 3.05) is 27.4 Å². The van der Waals surface area contributed by atoms with Crippen molar-refractivity contribution in [3.8, 4) is 0 Å². The van der Waals surface area contributed by atoms with Gasteiger partial charge in [-0.1, -0.05) is 0 Å². The van der Waals surface area contributed by atoms with Crippen molar-refractivity contribution in [3.63, 3.8) is 0 Å². The number of carbonyl (C=O) groups excluding carboxylic acids is 2. The van der Waals surface area contributed by atoms with Crippen LogP contribution in [0.5, 0.6) is 0 Å². The molecule has 2 atom stereocenters. The van der Waals surface area contributed by atoms with Crippen molar-refractivity contribution in [2.24, 2.45) is 5.73 Å². The number of carbonyl (C=O) groups is 2. The number of rotatable bonds is 4. The number of methoxy groups -OCH3 is 2. The topological polar surface area (TPSA) is 81.9 Å². The van der Waals surface area contributed by atoms with Crippen LogP contribution in [0.4, 0.5) is 0 Å². The van der Waals surface area contributed by atoms with E-state index in [0.717, 1.165) is 6.42 Å². The molecule has 1 rings (SSSR count). The third kappa shape index (κ3) is 2.70. The molecule has 1 amide bonds. The standard InChI is InChI=1S/C10H18N2O4/c1-15-6-7(11)9(13)12-5-3-4-8(12)10(14)16-2/h7-8H,3-6,11H2,1-2H3. The van der Waals surface area contributed by atoms with Crippen LogP contribution in [0.25, 0.3) is 0 Å². The van der Waals surface area contributed by atoms with Crippen molar-refractivity contribution >= 4 is 11.9 Å². The molecule has 0 aliphatic carbocycles. The first-order valence-electron chi connectivity index (χ1n) is 5.24. The van der Waals surface area contributed by atoms with Crippen LogP contribution in [-0.2, 0) is 19.1 Å². The number of nitrogens with two attached hydrogens (primary N) is 1. The molecule has 1 saturated heterocycles. The summed E-state index contributed by atoms with van der Waals surface area (Å²) >= 11 is 0. The van der Waals surface area contributed by atoms with Crippen LogP contribution in [-0.4, -0.2) is 56.2 Å². The summed E-state index contributed by atoms with van der Waals surface area (Å²) in [5, 5.41) is 0. The summed E-state index contributed by atoms with van der Waals surface area (Å²) in [6.45, 7) is 0.708. The smallest absolute Gasteiger partial charge is 0.328 e. The second kappa shape index (κ2) is 5.81. The van der Waals surface area contributed by atoms with E-state index in [1.165, 1.54) is 19.1 Å². The normalized spacial score (nSPS) is 21.9. The molecule has 1 heterocycles. The average Bonchev–Trinajstić information content (AvgIpc) is 2.76. The number of amides is 1. The largest absolute Gasteiger partial charge is 0.467 e. The molecule has 6 nitrogen and oxygen atoms in total. The summed E-state index contributed by atoms with van der Waals surface area (Å²) < 4.78 is 9.47. The summed E-state index contributed by atoms with van der Waals surface area (Å²) in [4.78, 5) is 24.8. The van der Waals surface area contributed by atoms with E-state index < -0.39 is 12.1 Å². The maximum atomic E-state index is 11.9. The Morgan fingerprint density at radius 3 is 2.75 bits per heavy atom. The fourth-order valence-electron chi connectivity index (χ4n) is 1.88. The molecule has 1 aliphatic heterocycles. The lowest BCUT2D eigenvalue weighted by Crippen LogP contribution is -2.50. The molecule has 2 N–H and O–H groups in total. The Kier molecular flexibility index (Phi) is 4.70. The van der Waals surface area contributed by atoms with E-state index in [9.17, 15) is 9.59 Å². The van der Waals surface area contributed by atoms with Gasteiger partial charge in [-0.25, -0.2) is 4.79 Å². The first-order chi connectivity index (χ1) is 7.61. The van der Waals surface area contributed by atoms with Crippen molar-refractivity contribution < 1.29 is 19.1 Å². The van der Waals surface area contributed by atoms with Gasteiger partial charge in [-0.2, -0.15) is 0 Å². The van der Waals surface area contributed by atoms with Gasteiger partial charge in [-0.05, 0) is 12.8 Å². The maximum absolute atomic E-state index is 11.9. The molecule has 16 heavy (non-hydrogen) atoms. The molecule has 0 radical (unpaired) electrons. The minimum atomic E-state index is -0.713. The van der Waals surface area contributed by atoms with Gasteiger partial charge in [0.2, 0.25) is 5.91 Å². The van der Waals surface area contributed by atoms with Crippen LogP contribution >= 0.6 is 0 Å². The van der Waals surface area contributed by atoms with E-state index in [1.54, 1.807) is 0 Å². The van der Waals surface area contributed by atoms with Gasteiger partial charge in [0.05, 0.1) is 13.7 Å². The van der Waals surface area contributed by atoms with Crippen LogP contribution in [0, 0.1) is 0 Å². The van der Waals surface area contributed by atoms with E-state index in [-0.39, 0.29) is 18.5 Å². The Morgan fingerprint density at radius 2 is 2.19 bits per heavy atom. The van der Waals surface area contributed by atoms with Gasteiger partial charge < -0.3 is 20.1 Å². The van der Waals surface area contributed by atoms with E-state index >= 15 is 0 Å². The van der Waals surface area contributed by atoms with Crippen molar-refractivity contribution in [1.29, 1.82) is 0 Å². The second-order valence-electron chi connectivity index (χ2n) is 3.77. The van der Waals surface area contributed by atoms with Crippen LogP contribution in [0.1, 0.15) is 12.8 Å². The molecular weight excluding hydrogens is 212 g/mol. The van der Waals surface area contributed by atoms with Gasteiger partial charge >= 0.3 is 5.97 Å². The lowest BCUT2D eigenvalue weighted by molar-refractivity contribution is -0.151. The lowest BCUT2D eigenvalue weighted by Gasteiger charge is -2.25. The van der Waals surface area contributed by atoms with Gasteiger partial charge in [-0.15, -0.1) is 0 Å². The highest BCUT2D eigenvalue weighted by atomic mass is 16.5. The third-order valence-corrected chi connectivity index (χ3v) is 2.67. The monoisotopic (exact) mass is 230 g/mol. The van der Waals surface area contributed by atoms with Crippen molar-refractivity contribution in [3.05, 3.63) is 0 Å². The van der Waals surface area contributed by atoms with E-state index in [2.05, 4.69) is 4.74 Å².